The molecule has 4 aromatic heterocycles. The van der Waals surface area contributed by atoms with Gasteiger partial charge in [0.1, 0.15) is 22.7 Å². The van der Waals surface area contributed by atoms with Crippen LogP contribution < -0.4 is 4.74 Å². The van der Waals surface area contributed by atoms with Gasteiger partial charge in [-0.2, -0.15) is 0 Å². The summed E-state index contributed by atoms with van der Waals surface area (Å²) in [6.45, 7) is 0. The highest BCUT2D eigenvalue weighted by atomic mass is 32.1. The first-order chi connectivity index (χ1) is 32.2. The summed E-state index contributed by atoms with van der Waals surface area (Å²) in [4.78, 5) is 0. The first-order valence-corrected chi connectivity index (χ1v) is 22.8. The van der Waals surface area contributed by atoms with Gasteiger partial charge in [-0.15, -0.1) is 11.3 Å². The molecule has 14 rings (SSSR count). The molecule has 5 heteroatoms. The number of ether oxygens (including phenoxy) is 1. The fourth-order valence-corrected chi connectivity index (χ4v) is 11.3. The topological polar surface area (TPSA) is 32.2 Å². The quantitative estimate of drug-likeness (QED) is 0.167. The van der Waals surface area contributed by atoms with Crippen LogP contribution in [-0.2, 0) is 0 Å². The van der Waals surface area contributed by atoms with E-state index in [1.807, 2.05) is 23.5 Å². The molecule has 0 bridgehead atoms. The molecule has 0 spiro atoms. The average Bonchev–Trinajstić information content (AvgIpc) is 4.11. The molecule has 0 N–H and O–H groups in total. The van der Waals surface area contributed by atoms with Crippen molar-refractivity contribution >= 4 is 97.1 Å². The minimum atomic E-state index is 0.793. The van der Waals surface area contributed by atoms with Crippen molar-refractivity contribution in [2.45, 2.75) is 0 Å². The molecule has 0 atom stereocenters. The molecule has 0 aliphatic carbocycles. The van der Waals surface area contributed by atoms with E-state index in [1.54, 1.807) is 0 Å². The van der Waals surface area contributed by atoms with Crippen molar-refractivity contribution in [2.75, 3.05) is 0 Å². The van der Waals surface area contributed by atoms with Crippen molar-refractivity contribution in [3.8, 4) is 45.1 Å². The Morgan fingerprint density at radius 3 is 1.46 bits per heavy atom. The van der Waals surface area contributed by atoms with Crippen molar-refractivity contribution in [2.24, 2.45) is 0 Å². The molecule has 0 aliphatic rings. The van der Waals surface area contributed by atoms with Gasteiger partial charge in [0.15, 0.2) is 0 Å². The summed E-state index contributed by atoms with van der Waals surface area (Å²) in [5.41, 5.74) is 13.3. The van der Waals surface area contributed by atoms with Crippen molar-refractivity contribution in [1.29, 1.82) is 0 Å². The van der Waals surface area contributed by atoms with Gasteiger partial charge >= 0.3 is 0 Å². The molecular formula is C60H36N2O2S. The Labute approximate surface area is 377 Å². The Morgan fingerprint density at radius 1 is 0.308 bits per heavy atom. The molecule has 0 radical (unpaired) electrons. The van der Waals surface area contributed by atoms with Crippen molar-refractivity contribution in [3.63, 3.8) is 0 Å². The van der Waals surface area contributed by atoms with E-state index >= 15 is 0 Å². The minimum Gasteiger partial charge on any atom is -0.457 e. The van der Waals surface area contributed by atoms with E-state index in [2.05, 4.69) is 215 Å². The lowest BCUT2D eigenvalue weighted by Crippen LogP contribution is -1.94. The van der Waals surface area contributed by atoms with Gasteiger partial charge in [-0.1, -0.05) is 109 Å². The van der Waals surface area contributed by atoms with Gasteiger partial charge in [0, 0.05) is 63.9 Å². The summed E-state index contributed by atoms with van der Waals surface area (Å²) >= 11 is 1.85. The zero-order chi connectivity index (χ0) is 42.6. The Bertz CT molecular complexity index is 3970. The minimum absolute atomic E-state index is 0.793. The van der Waals surface area contributed by atoms with Crippen LogP contribution in [0.4, 0.5) is 0 Å². The van der Waals surface area contributed by atoms with E-state index in [0.29, 0.717) is 0 Å². The van der Waals surface area contributed by atoms with Crippen LogP contribution in [0, 0.1) is 0 Å². The third kappa shape index (κ3) is 5.69. The summed E-state index contributed by atoms with van der Waals surface area (Å²) in [6.07, 6.45) is 0. The smallest absolute Gasteiger partial charge is 0.135 e. The lowest BCUT2D eigenvalue weighted by atomic mass is 10.0. The highest BCUT2D eigenvalue weighted by Crippen LogP contribution is 2.41. The number of thiophene rings is 1. The molecule has 14 aromatic rings. The van der Waals surface area contributed by atoms with Crippen LogP contribution in [0.25, 0.3) is 119 Å². The van der Waals surface area contributed by atoms with Gasteiger partial charge in [0.2, 0.25) is 0 Å². The number of aromatic nitrogens is 2. The summed E-state index contributed by atoms with van der Waals surface area (Å²) < 4.78 is 20.3. The molecule has 4 heterocycles. The van der Waals surface area contributed by atoms with Gasteiger partial charge in [-0.25, -0.2) is 0 Å². The average molecular weight is 849 g/mol. The van der Waals surface area contributed by atoms with E-state index in [9.17, 15) is 0 Å². The maximum absolute atomic E-state index is 6.77. The molecule has 4 nitrogen and oxygen atoms in total. The van der Waals surface area contributed by atoms with Gasteiger partial charge in [-0.05, 0) is 131 Å². The highest BCUT2D eigenvalue weighted by molar-refractivity contribution is 7.25. The molecule has 0 fully saturated rings. The van der Waals surface area contributed by atoms with E-state index in [1.165, 1.54) is 42.1 Å². The highest BCUT2D eigenvalue weighted by Gasteiger charge is 2.18. The van der Waals surface area contributed by atoms with Crippen molar-refractivity contribution in [3.05, 3.63) is 218 Å². The molecule has 0 amide bonds. The van der Waals surface area contributed by atoms with Crippen molar-refractivity contribution in [1.82, 2.24) is 9.13 Å². The zero-order valence-corrected chi connectivity index (χ0v) is 35.7. The van der Waals surface area contributed by atoms with E-state index in [4.69, 9.17) is 9.15 Å². The standard InChI is InChI=1S/C60H36N2O2S/c1-5-19-53-45(15-1)49-35-43(25-27-55(49)61(53)41-13-9-11-37(31-41)39-23-29-58-51(33-39)47-17-3-7-21-57(47)64-58)63-44-26-28-56-50(36-44)46-16-2-6-20-54(46)62(56)42-14-10-12-38(32-42)40-24-30-60-52(34-40)48-18-4-8-22-59(48)65-60/h1-36H. The van der Waals surface area contributed by atoms with Crippen LogP contribution in [0.2, 0.25) is 0 Å². The van der Waals surface area contributed by atoms with Crippen LogP contribution in [0.15, 0.2) is 223 Å². The molecule has 304 valence electrons. The van der Waals surface area contributed by atoms with Crippen molar-refractivity contribution < 1.29 is 9.15 Å². The van der Waals surface area contributed by atoms with E-state index < -0.39 is 0 Å². The number of benzene rings is 10. The van der Waals surface area contributed by atoms with Gasteiger partial charge in [0.25, 0.3) is 0 Å². The molecule has 0 saturated carbocycles. The van der Waals surface area contributed by atoms with Crippen LogP contribution in [0.5, 0.6) is 11.5 Å². The molecular weight excluding hydrogens is 813 g/mol. The van der Waals surface area contributed by atoms with Crippen LogP contribution in [0.1, 0.15) is 0 Å². The predicted octanol–water partition coefficient (Wildman–Crippen LogP) is 17.3. The fraction of sp³-hybridized carbons (Fsp3) is 0. The number of hydrogen-bond acceptors (Lipinski definition) is 3. The number of fused-ring (bicyclic) bond motifs is 12. The fourth-order valence-electron chi connectivity index (χ4n) is 10.2. The number of nitrogens with zero attached hydrogens (tertiary/aromatic N) is 2. The van der Waals surface area contributed by atoms with Gasteiger partial charge in [0.05, 0.1) is 22.1 Å². The Hall–Kier alpha value is -8.38. The summed E-state index contributed by atoms with van der Waals surface area (Å²) in [6, 6.07) is 78.3. The van der Waals surface area contributed by atoms with E-state index in [0.717, 1.165) is 88.8 Å². The molecule has 65 heavy (non-hydrogen) atoms. The number of furan rings is 1. The number of para-hydroxylation sites is 3. The monoisotopic (exact) mass is 848 g/mol. The molecule has 0 aliphatic heterocycles. The Balaban J connectivity index is 0.824. The second-order valence-corrected chi connectivity index (χ2v) is 18.0. The summed E-state index contributed by atoms with van der Waals surface area (Å²) in [7, 11) is 0. The lowest BCUT2D eigenvalue weighted by molar-refractivity contribution is 0.484. The normalized spacial score (nSPS) is 12.0. The number of hydrogen-bond donors (Lipinski definition) is 0. The summed E-state index contributed by atoms with van der Waals surface area (Å²) in [5.74, 6) is 1.59. The Kier molecular flexibility index (Phi) is 7.82. The van der Waals surface area contributed by atoms with Crippen LogP contribution >= 0.6 is 11.3 Å². The van der Waals surface area contributed by atoms with Crippen LogP contribution in [0.3, 0.4) is 0 Å². The number of rotatable bonds is 6. The molecule has 0 unspecified atom stereocenters. The van der Waals surface area contributed by atoms with Crippen LogP contribution in [-0.4, -0.2) is 9.13 Å². The zero-order valence-electron chi connectivity index (χ0n) is 34.9. The summed E-state index contributed by atoms with van der Waals surface area (Å²) in [5, 5.41) is 9.52. The van der Waals surface area contributed by atoms with Gasteiger partial charge in [-0.3, -0.25) is 0 Å². The lowest BCUT2D eigenvalue weighted by Gasteiger charge is -2.12. The van der Waals surface area contributed by atoms with E-state index in [-0.39, 0.29) is 0 Å². The first kappa shape index (κ1) is 36.1. The maximum Gasteiger partial charge on any atom is 0.135 e. The first-order valence-electron chi connectivity index (χ1n) is 22.0. The molecule has 10 aromatic carbocycles. The maximum atomic E-state index is 6.77. The second kappa shape index (κ2) is 14.1. The third-order valence-corrected chi connectivity index (χ3v) is 14.3. The second-order valence-electron chi connectivity index (χ2n) is 16.9. The largest absolute Gasteiger partial charge is 0.457 e. The predicted molar refractivity (Wildman–Crippen MR) is 273 cm³/mol. The molecule has 0 saturated heterocycles. The third-order valence-electron chi connectivity index (χ3n) is 13.2. The SMILES string of the molecule is c1cc(-c2ccc3oc4ccccc4c3c2)cc(-n2c3ccccc3c3cc(Oc4ccc5c(c4)c4ccccc4n5-c4cccc(-c5ccc6sc7ccccc7c6c5)c4)ccc32)c1. The van der Waals surface area contributed by atoms with Gasteiger partial charge < -0.3 is 18.3 Å². The Morgan fingerprint density at radius 2 is 0.800 bits per heavy atom.